The lowest BCUT2D eigenvalue weighted by atomic mass is 10.3. The fourth-order valence-corrected chi connectivity index (χ4v) is 1.86. The van der Waals surface area contributed by atoms with Crippen molar-refractivity contribution in [1.82, 2.24) is 30.5 Å². The summed E-state index contributed by atoms with van der Waals surface area (Å²) in [6.07, 6.45) is 2.66. The van der Waals surface area contributed by atoms with Crippen LogP contribution in [-0.4, -0.2) is 56.7 Å². The molecule has 0 amide bonds. The highest BCUT2D eigenvalue weighted by molar-refractivity contribution is 5.83. The summed E-state index contributed by atoms with van der Waals surface area (Å²) in [6.45, 7) is 8.49. The Morgan fingerprint density at radius 2 is 2.11 bits per heavy atom. The van der Waals surface area contributed by atoms with Gasteiger partial charge in [-0.25, -0.2) is 0 Å². The second-order valence-corrected chi connectivity index (χ2v) is 4.06. The first-order chi connectivity index (χ1) is 8.85. The summed E-state index contributed by atoms with van der Waals surface area (Å²) in [4.78, 5) is 2.39. The molecule has 98 valence electrons. The van der Waals surface area contributed by atoms with Crippen LogP contribution in [0.15, 0.2) is 6.20 Å². The predicted octanol–water partition coefficient (Wildman–Crippen LogP) is 0.892. The van der Waals surface area contributed by atoms with Crippen LogP contribution in [0, 0.1) is 0 Å². The van der Waals surface area contributed by atoms with Crippen LogP contribution >= 0.6 is 0 Å². The van der Waals surface area contributed by atoms with E-state index in [1.54, 1.807) is 6.20 Å². The minimum atomic E-state index is 0.695. The molecule has 0 spiro atoms. The van der Waals surface area contributed by atoms with E-state index >= 15 is 0 Å². The van der Waals surface area contributed by atoms with E-state index in [0.717, 1.165) is 43.6 Å². The molecule has 0 radical (unpaired) electrons. The van der Waals surface area contributed by atoms with Crippen LogP contribution in [0.1, 0.15) is 20.3 Å². The van der Waals surface area contributed by atoms with E-state index in [1.807, 2.05) is 0 Å². The van der Waals surface area contributed by atoms with Crippen molar-refractivity contribution in [1.29, 1.82) is 0 Å². The molecule has 2 aromatic rings. The molecule has 0 aliphatic heterocycles. The van der Waals surface area contributed by atoms with Crippen molar-refractivity contribution in [3.8, 4) is 0 Å². The van der Waals surface area contributed by atoms with E-state index in [4.69, 9.17) is 0 Å². The van der Waals surface area contributed by atoms with E-state index in [9.17, 15) is 0 Å². The molecule has 0 unspecified atom stereocenters. The van der Waals surface area contributed by atoms with Gasteiger partial charge in [-0.3, -0.25) is 0 Å². The van der Waals surface area contributed by atoms with Crippen LogP contribution in [-0.2, 0) is 0 Å². The second-order valence-electron chi connectivity index (χ2n) is 4.06. The zero-order valence-electron chi connectivity index (χ0n) is 10.8. The minimum absolute atomic E-state index is 0.695. The second kappa shape index (κ2) is 6.25. The summed E-state index contributed by atoms with van der Waals surface area (Å²) in [5, 5.41) is 21.8. The summed E-state index contributed by atoms with van der Waals surface area (Å²) in [7, 11) is 0. The lowest BCUT2D eigenvalue weighted by Gasteiger charge is -2.17. The van der Waals surface area contributed by atoms with Gasteiger partial charge in [0.2, 0.25) is 0 Å². The van der Waals surface area contributed by atoms with Crippen molar-refractivity contribution in [2.45, 2.75) is 20.3 Å². The molecule has 18 heavy (non-hydrogen) atoms. The number of anilines is 1. The van der Waals surface area contributed by atoms with Crippen LogP contribution in [0.2, 0.25) is 0 Å². The average Bonchev–Trinajstić information content (AvgIpc) is 2.88. The number of aromatic amines is 1. The molecule has 2 N–H and O–H groups in total. The summed E-state index contributed by atoms with van der Waals surface area (Å²) in [5.74, 6) is 0.695. The number of hydrogen-bond donors (Lipinski definition) is 2. The number of fused-ring (bicyclic) bond motifs is 1. The highest BCUT2D eigenvalue weighted by Crippen LogP contribution is 2.13. The van der Waals surface area contributed by atoms with Gasteiger partial charge in [-0.05, 0) is 26.1 Å². The number of rotatable bonds is 7. The topological polar surface area (TPSA) is 82.6 Å². The standard InChI is InChI=1S/C11H19N7/c1-3-18(4-2)7-5-6-12-11-10-9(8-13-16-11)14-17-15-10/h8H,3-7H2,1-2H3,(H,12,16)(H,14,15,17). The molecule has 7 heteroatoms. The van der Waals surface area contributed by atoms with E-state index in [-0.39, 0.29) is 0 Å². The third kappa shape index (κ3) is 2.92. The van der Waals surface area contributed by atoms with Gasteiger partial charge in [0.05, 0.1) is 6.20 Å². The largest absolute Gasteiger partial charge is 0.367 e. The van der Waals surface area contributed by atoms with E-state index in [2.05, 4.69) is 49.7 Å². The predicted molar refractivity (Wildman–Crippen MR) is 70.4 cm³/mol. The maximum atomic E-state index is 4.05. The van der Waals surface area contributed by atoms with Crippen LogP contribution in [0.5, 0.6) is 0 Å². The first kappa shape index (κ1) is 12.7. The Labute approximate surface area is 106 Å². The van der Waals surface area contributed by atoms with Crippen LogP contribution in [0.3, 0.4) is 0 Å². The van der Waals surface area contributed by atoms with Crippen LogP contribution in [0.25, 0.3) is 11.0 Å². The van der Waals surface area contributed by atoms with Gasteiger partial charge in [0.1, 0.15) is 5.52 Å². The Balaban J connectivity index is 1.85. The molecule has 2 rings (SSSR count). The van der Waals surface area contributed by atoms with Crippen molar-refractivity contribution >= 4 is 16.9 Å². The van der Waals surface area contributed by atoms with Crippen molar-refractivity contribution in [3.05, 3.63) is 6.20 Å². The van der Waals surface area contributed by atoms with Gasteiger partial charge in [0, 0.05) is 6.54 Å². The molecule has 0 saturated carbocycles. The highest BCUT2D eigenvalue weighted by atomic mass is 15.3. The smallest absolute Gasteiger partial charge is 0.178 e. The van der Waals surface area contributed by atoms with Crippen molar-refractivity contribution < 1.29 is 0 Å². The Morgan fingerprint density at radius 3 is 2.89 bits per heavy atom. The Morgan fingerprint density at radius 1 is 1.28 bits per heavy atom. The van der Waals surface area contributed by atoms with E-state index < -0.39 is 0 Å². The third-order valence-electron chi connectivity index (χ3n) is 2.97. The Bertz CT molecular complexity index is 477. The first-order valence-corrected chi connectivity index (χ1v) is 6.33. The molecule has 0 bridgehead atoms. The first-order valence-electron chi connectivity index (χ1n) is 6.33. The van der Waals surface area contributed by atoms with Gasteiger partial charge in [-0.2, -0.15) is 20.5 Å². The molecular weight excluding hydrogens is 230 g/mol. The number of H-pyrrole nitrogens is 1. The lowest BCUT2D eigenvalue weighted by Crippen LogP contribution is -2.25. The van der Waals surface area contributed by atoms with Crippen molar-refractivity contribution in [2.75, 3.05) is 31.5 Å². The monoisotopic (exact) mass is 249 g/mol. The molecule has 0 aliphatic rings. The van der Waals surface area contributed by atoms with E-state index in [0.29, 0.717) is 5.82 Å². The molecule has 0 saturated heterocycles. The quantitative estimate of drug-likeness (QED) is 0.709. The molecule has 2 heterocycles. The van der Waals surface area contributed by atoms with Crippen LogP contribution < -0.4 is 5.32 Å². The SMILES string of the molecule is CCN(CC)CCCNc1nncc2n[nH]nc12. The van der Waals surface area contributed by atoms with Crippen molar-refractivity contribution in [2.24, 2.45) is 0 Å². The third-order valence-corrected chi connectivity index (χ3v) is 2.97. The normalized spacial score (nSPS) is 11.3. The van der Waals surface area contributed by atoms with Gasteiger partial charge in [0.15, 0.2) is 11.3 Å². The summed E-state index contributed by atoms with van der Waals surface area (Å²) in [6, 6.07) is 0. The summed E-state index contributed by atoms with van der Waals surface area (Å²) >= 11 is 0. The fraction of sp³-hybridized carbons (Fsp3) is 0.636. The molecule has 0 fully saturated rings. The molecular formula is C11H19N7. The van der Waals surface area contributed by atoms with Gasteiger partial charge < -0.3 is 10.2 Å². The zero-order valence-corrected chi connectivity index (χ0v) is 10.8. The van der Waals surface area contributed by atoms with Gasteiger partial charge in [-0.1, -0.05) is 13.8 Å². The maximum Gasteiger partial charge on any atom is 0.178 e. The van der Waals surface area contributed by atoms with Crippen LogP contribution in [0.4, 0.5) is 5.82 Å². The highest BCUT2D eigenvalue weighted by Gasteiger charge is 2.06. The number of hydrogen-bond acceptors (Lipinski definition) is 6. The zero-order chi connectivity index (χ0) is 12.8. The molecule has 0 atom stereocenters. The molecule has 0 aromatic carbocycles. The maximum absolute atomic E-state index is 4.05. The minimum Gasteiger partial charge on any atom is -0.367 e. The number of nitrogens with one attached hydrogen (secondary N) is 2. The van der Waals surface area contributed by atoms with E-state index in [1.165, 1.54) is 0 Å². The van der Waals surface area contributed by atoms with Crippen molar-refractivity contribution in [3.63, 3.8) is 0 Å². The fourth-order valence-electron chi connectivity index (χ4n) is 1.86. The number of nitrogens with zero attached hydrogens (tertiary/aromatic N) is 5. The van der Waals surface area contributed by atoms with Gasteiger partial charge in [-0.15, -0.1) is 5.10 Å². The lowest BCUT2D eigenvalue weighted by molar-refractivity contribution is 0.303. The average molecular weight is 249 g/mol. The summed E-state index contributed by atoms with van der Waals surface area (Å²) < 4.78 is 0. The Kier molecular flexibility index (Phi) is 4.40. The van der Waals surface area contributed by atoms with Gasteiger partial charge in [0.25, 0.3) is 0 Å². The molecule has 7 nitrogen and oxygen atoms in total. The van der Waals surface area contributed by atoms with Gasteiger partial charge >= 0.3 is 0 Å². The molecule has 0 aliphatic carbocycles. The molecule has 2 aromatic heterocycles. The summed E-state index contributed by atoms with van der Waals surface area (Å²) in [5.41, 5.74) is 1.48. The number of aromatic nitrogens is 5. The Hall–Kier alpha value is -1.76.